The van der Waals surface area contributed by atoms with Crippen molar-refractivity contribution in [2.45, 2.75) is 20.5 Å². The Kier molecular flexibility index (Phi) is 6.95. The number of ether oxygens (including phenoxy) is 1. The summed E-state index contributed by atoms with van der Waals surface area (Å²) in [4.78, 5) is 24.1. The lowest BCUT2D eigenvalue weighted by atomic mass is 10.1. The van der Waals surface area contributed by atoms with Crippen LogP contribution in [0, 0.1) is 13.8 Å². The first-order valence-corrected chi connectivity index (χ1v) is 9.50. The zero-order chi connectivity index (χ0) is 21.3. The van der Waals surface area contributed by atoms with Crippen LogP contribution in [0.2, 0.25) is 0 Å². The van der Waals surface area contributed by atoms with E-state index in [1.54, 1.807) is 0 Å². The molecular formula is C24H23N3O3. The maximum Gasteiger partial charge on any atom is 0.329 e. The summed E-state index contributed by atoms with van der Waals surface area (Å²) in [5.41, 5.74) is 6.49. The Morgan fingerprint density at radius 1 is 0.867 bits per heavy atom. The highest BCUT2D eigenvalue weighted by atomic mass is 16.5. The van der Waals surface area contributed by atoms with Gasteiger partial charge in [0.1, 0.15) is 12.4 Å². The molecule has 0 saturated heterocycles. The molecule has 0 bridgehead atoms. The molecule has 0 unspecified atom stereocenters. The second kappa shape index (κ2) is 10.0. The van der Waals surface area contributed by atoms with Gasteiger partial charge in [-0.05, 0) is 60.4 Å². The largest absolute Gasteiger partial charge is 0.489 e. The van der Waals surface area contributed by atoms with E-state index in [9.17, 15) is 9.59 Å². The average Bonchev–Trinajstić information content (AvgIpc) is 2.76. The molecule has 6 nitrogen and oxygen atoms in total. The van der Waals surface area contributed by atoms with Gasteiger partial charge < -0.3 is 10.1 Å². The van der Waals surface area contributed by atoms with Crippen molar-refractivity contribution >= 4 is 23.7 Å². The molecule has 0 heterocycles. The molecule has 0 atom stereocenters. The van der Waals surface area contributed by atoms with Gasteiger partial charge in [-0.2, -0.15) is 5.10 Å². The first kappa shape index (κ1) is 20.8. The predicted molar refractivity (Wildman–Crippen MR) is 117 cm³/mol. The molecule has 0 spiro atoms. The van der Waals surface area contributed by atoms with E-state index >= 15 is 0 Å². The van der Waals surface area contributed by atoms with Gasteiger partial charge in [0.15, 0.2) is 0 Å². The molecule has 0 aliphatic carbocycles. The molecular weight excluding hydrogens is 378 g/mol. The zero-order valence-electron chi connectivity index (χ0n) is 16.9. The molecule has 3 aromatic rings. The topological polar surface area (TPSA) is 79.8 Å². The number of nitrogens with zero attached hydrogens (tertiary/aromatic N) is 1. The van der Waals surface area contributed by atoms with Gasteiger partial charge in [-0.25, -0.2) is 5.43 Å². The number of hydrogen-bond donors (Lipinski definition) is 2. The number of rotatable bonds is 6. The summed E-state index contributed by atoms with van der Waals surface area (Å²) in [6.45, 7) is 4.22. The lowest BCUT2D eigenvalue weighted by Crippen LogP contribution is -2.32. The van der Waals surface area contributed by atoms with Crippen molar-refractivity contribution in [3.05, 3.63) is 95.1 Å². The second-order valence-corrected chi connectivity index (χ2v) is 6.76. The van der Waals surface area contributed by atoms with E-state index in [-0.39, 0.29) is 0 Å². The Morgan fingerprint density at radius 3 is 2.20 bits per heavy atom. The number of aryl methyl sites for hydroxylation is 2. The number of carbonyl (C=O) groups excluding carboxylic acids is 2. The van der Waals surface area contributed by atoms with Crippen LogP contribution in [0.15, 0.2) is 77.9 Å². The minimum atomic E-state index is -0.836. The Bertz CT molecular complexity index is 1020. The highest BCUT2D eigenvalue weighted by Crippen LogP contribution is 2.19. The highest BCUT2D eigenvalue weighted by Gasteiger charge is 2.15. The Labute approximate surface area is 175 Å². The quantitative estimate of drug-likeness (QED) is 0.373. The molecule has 0 fully saturated rings. The van der Waals surface area contributed by atoms with Gasteiger partial charge >= 0.3 is 11.8 Å². The fourth-order valence-electron chi connectivity index (χ4n) is 2.79. The maximum atomic E-state index is 12.1. The summed E-state index contributed by atoms with van der Waals surface area (Å²) in [5.74, 6) is -0.876. The molecule has 0 aliphatic heterocycles. The van der Waals surface area contributed by atoms with Crippen molar-refractivity contribution < 1.29 is 14.3 Å². The summed E-state index contributed by atoms with van der Waals surface area (Å²) in [5, 5.41) is 6.47. The van der Waals surface area contributed by atoms with E-state index in [0.717, 1.165) is 28.0 Å². The van der Waals surface area contributed by atoms with Crippen LogP contribution in [0.4, 0.5) is 5.69 Å². The molecule has 152 valence electrons. The summed E-state index contributed by atoms with van der Waals surface area (Å²) in [6, 6.07) is 22.8. The van der Waals surface area contributed by atoms with Crippen molar-refractivity contribution in [1.29, 1.82) is 0 Å². The number of benzene rings is 3. The normalized spacial score (nSPS) is 10.6. The molecule has 0 radical (unpaired) electrons. The first-order valence-electron chi connectivity index (χ1n) is 9.50. The molecule has 3 aromatic carbocycles. The van der Waals surface area contributed by atoms with Gasteiger partial charge in [-0.3, -0.25) is 9.59 Å². The van der Waals surface area contributed by atoms with E-state index in [0.29, 0.717) is 12.3 Å². The lowest BCUT2D eigenvalue weighted by Gasteiger charge is -2.10. The second-order valence-electron chi connectivity index (χ2n) is 6.76. The number of hydrogen-bond acceptors (Lipinski definition) is 4. The molecule has 0 saturated carbocycles. The van der Waals surface area contributed by atoms with Crippen molar-refractivity contribution in [3.8, 4) is 5.75 Å². The van der Waals surface area contributed by atoms with Crippen molar-refractivity contribution in [2.24, 2.45) is 5.10 Å². The Morgan fingerprint density at radius 2 is 1.53 bits per heavy atom. The standard InChI is InChI=1S/C24H23N3O3/c1-17-7-6-8-18(2)22(17)26-23(28)24(29)27-25-15-19-11-13-21(14-12-19)30-16-20-9-4-3-5-10-20/h3-15H,16H2,1-2H3,(H,26,28)(H,27,29). The Hall–Kier alpha value is -3.93. The number of nitrogens with one attached hydrogen (secondary N) is 2. The summed E-state index contributed by atoms with van der Waals surface area (Å²) >= 11 is 0. The summed E-state index contributed by atoms with van der Waals surface area (Å²) in [6.07, 6.45) is 1.46. The van der Waals surface area contributed by atoms with Crippen molar-refractivity contribution in [3.63, 3.8) is 0 Å². The fraction of sp³-hybridized carbons (Fsp3) is 0.125. The third-order valence-corrected chi connectivity index (χ3v) is 4.43. The van der Waals surface area contributed by atoms with Gasteiger partial charge in [-0.1, -0.05) is 48.5 Å². The van der Waals surface area contributed by atoms with E-state index in [1.807, 2.05) is 86.6 Å². The molecule has 0 aromatic heterocycles. The van der Waals surface area contributed by atoms with E-state index in [2.05, 4.69) is 15.8 Å². The predicted octanol–water partition coefficient (Wildman–Crippen LogP) is 3.97. The van der Waals surface area contributed by atoms with Crippen LogP contribution < -0.4 is 15.5 Å². The van der Waals surface area contributed by atoms with Crippen molar-refractivity contribution in [1.82, 2.24) is 5.43 Å². The average molecular weight is 401 g/mol. The zero-order valence-corrected chi connectivity index (χ0v) is 16.9. The van der Waals surface area contributed by atoms with Crippen molar-refractivity contribution in [2.75, 3.05) is 5.32 Å². The minimum absolute atomic E-state index is 0.486. The van der Waals surface area contributed by atoms with Crippen LogP contribution >= 0.6 is 0 Å². The van der Waals surface area contributed by atoms with Crippen LogP contribution in [0.25, 0.3) is 0 Å². The summed E-state index contributed by atoms with van der Waals surface area (Å²) in [7, 11) is 0. The smallest absolute Gasteiger partial charge is 0.329 e. The number of amides is 2. The van der Waals surface area contributed by atoms with Gasteiger partial charge in [0, 0.05) is 5.69 Å². The SMILES string of the molecule is Cc1cccc(C)c1NC(=O)C(=O)NN=Cc1ccc(OCc2ccccc2)cc1. The third kappa shape index (κ3) is 5.78. The van der Waals surface area contributed by atoms with E-state index in [4.69, 9.17) is 4.74 Å². The molecule has 6 heteroatoms. The number of anilines is 1. The van der Waals surface area contributed by atoms with Crippen LogP contribution in [0.1, 0.15) is 22.3 Å². The lowest BCUT2D eigenvalue weighted by molar-refractivity contribution is -0.136. The van der Waals surface area contributed by atoms with E-state index < -0.39 is 11.8 Å². The molecule has 2 N–H and O–H groups in total. The molecule has 0 aliphatic rings. The van der Waals surface area contributed by atoms with E-state index in [1.165, 1.54) is 6.21 Å². The van der Waals surface area contributed by atoms with Crippen LogP contribution in [-0.2, 0) is 16.2 Å². The number of para-hydroxylation sites is 1. The van der Waals surface area contributed by atoms with Crippen LogP contribution in [0.3, 0.4) is 0 Å². The maximum absolute atomic E-state index is 12.1. The minimum Gasteiger partial charge on any atom is -0.489 e. The highest BCUT2D eigenvalue weighted by molar-refractivity contribution is 6.39. The van der Waals surface area contributed by atoms with Gasteiger partial charge in [0.25, 0.3) is 0 Å². The van der Waals surface area contributed by atoms with Crippen LogP contribution in [-0.4, -0.2) is 18.0 Å². The Balaban J connectivity index is 1.49. The number of carbonyl (C=O) groups is 2. The van der Waals surface area contributed by atoms with Crippen LogP contribution in [0.5, 0.6) is 5.75 Å². The fourth-order valence-corrected chi connectivity index (χ4v) is 2.79. The van der Waals surface area contributed by atoms with Gasteiger partial charge in [-0.15, -0.1) is 0 Å². The molecule has 30 heavy (non-hydrogen) atoms. The first-order chi connectivity index (χ1) is 14.5. The molecule has 2 amide bonds. The van der Waals surface area contributed by atoms with Gasteiger partial charge in [0.2, 0.25) is 0 Å². The third-order valence-electron chi connectivity index (χ3n) is 4.43. The van der Waals surface area contributed by atoms with Gasteiger partial charge in [0.05, 0.1) is 6.21 Å². The number of hydrazone groups is 1. The monoisotopic (exact) mass is 401 g/mol. The molecule has 3 rings (SSSR count). The summed E-state index contributed by atoms with van der Waals surface area (Å²) < 4.78 is 5.73.